The van der Waals surface area contributed by atoms with Gasteiger partial charge in [-0.25, -0.2) is 0 Å². The second-order valence-electron chi connectivity index (χ2n) is 7.48. The average molecular weight is 491 g/mol. The number of halogens is 2. The topological polar surface area (TPSA) is 71.3 Å². The van der Waals surface area contributed by atoms with Crippen molar-refractivity contribution in [2.75, 3.05) is 10.6 Å². The number of carbonyl (C=O) groups is 2. The molecular weight excluding hydrogens is 471 g/mol. The Kier molecular flexibility index (Phi) is 7.16. The van der Waals surface area contributed by atoms with E-state index in [1.807, 2.05) is 25.1 Å². The first-order valence-electron chi connectivity index (χ1n) is 10.4. The molecule has 0 spiro atoms. The molecule has 5 nitrogen and oxygen atoms in total. The normalized spacial score (nSPS) is 10.9. The summed E-state index contributed by atoms with van der Waals surface area (Å²) < 4.78 is 5.76. The number of rotatable bonds is 6. The number of furan rings is 1. The molecule has 4 rings (SSSR count). The zero-order chi connectivity index (χ0) is 24.1. The molecule has 4 aromatic rings. The first-order valence-corrected chi connectivity index (χ1v) is 11.2. The number of benzene rings is 3. The molecule has 1 aromatic heterocycles. The van der Waals surface area contributed by atoms with Crippen LogP contribution in [0.15, 0.2) is 89.4 Å². The van der Waals surface area contributed by atoms with E-state index >= 15 is 0 Å². The van der Waals surface area contributed by atoms with Crippen molar-refractivity contribution in [2.24, 2.45) is 0 Å². The lowest BCUT2D eigenvalue weighted by atomic mass is 10.1. The number of carbonyl (C=O) groups excluding carboxylic acids is 2. The van der Waals surface area contributed by atoms with Crippen LogP contribution in [0.25, 0.3) is 17.4 Å². The quantitative estimate of drug-likeness (QED) is 0.275. The van der Waals surface area contributed by atoms with Gasteiger partial charge in [0.25, 0.3) is 5.91 Å². The minimum atomic E-state index is -0.346. The molecule has 2 amide bonds. The maximum Gasteiger partial charge on any atom is 0.255 e. The number of aryl methyl sites for hydroxylation is 1. The monoisotopic (exact) mass is 490 g/mol. The van der Waals surface area contributed by atoms with Gasteiger partial charge in [0.1, 0.15) is 11.5 Å². The van der Waals surface area contributed by atoms with Crippen molar-refractivity contribution in [1.82, 2.24) is 0 Å². The summed E-state index contributed by atoms with van der Waals surface area (Å²) in [6.07, 6.45) is 2.92. The van der Waals surface area contributed by atoms with E-state index in [1.54, 1.807) is 66.7 Å². The summed E-state index contributed by atoms with van der Waals surface area (Å²) in [6, 6.07) is 23.1. The fourth-order valence-corrected chi connectivity index (χ4v) is 3.72. The average Bonchev–Trinajstić information content (AvgIpc) is 3.29. The zero-order valence-electron chi connectivity index (χ0n) is 18.1. The van der Waals surface area contributed by atoms with Crippen LogP contribution in [0.1, 0.15) is 21.7 Å². The van der Waals surface area contributed by atoms with Gasteiger partial charge in [-0.05, 0) is 67.1 Å². The summed E-state index contributed by atoms with van der Waals surface area (Å²) in [5.74, 6) is 0.473. The van der Waals surface area contributed by atoms with Crippen molar-refractivity contribution in [2.45, 2.75) is 6.92 Å². The lowest BCUT2D eigenvalue weighted by molar-refractivity contribution is -0.111. The van der Waals surface area contributed by atoms with Gasteiger partial charge in [0.2, 0.25) is 5.91 Å². The number of hydrogen-bond donors (Lipinski definition) is 2. The van der Waals surface area contributed by atoms with Gasteiger partial charge in [0.15, 0.2) is 0 Å². The summed E-state index contributed by atoms with van der Waals surface area (Å²) in [6.45, 7) is 1.88. The van der Waals surface area contributed by atoms with Crippen LogP contribution in [0.2, 0.25) is 10.0 Å². The van der Waals surface area contributed by atoms with Crippen molar-refractivity contribution in [1.29, 1.82) is 0 Å². The van der Waals surface area contributed by atoms with E-state index in [2.05, 4.69) is 10.6 Å². The third kappa shape index (κ3) is 5.57. The molecule has 2 N–H and O–H groups in total. The van der Waals surface area contributed by atoms with Crippen LogP contribution < -0.4 is 10.6 Å². The first kappa shape index (κ1) is 23.4. The minimum absolute atomic E-state index is 0.213. The summed E-state index contributed by atoms with van der Waals surface area (Å²) in [4.78, 5) is 24.9. The van der Waals surface area contributed by atoms with Crippen molar-refractivity contribution < 1.29 is 14.0 Å². The molecular formula is C27H20Cl2N2O3. The van der Waals surface area contributed by atoms with Gasteiger partial charge in [-0.3, -0.25) is 9.59 Å². The highest BCUT2D eigenvalue weighted by atomic mass is 35.5. The molecule has 0 fully saturated rings. The number of anilines is 2. The second-order valence-corrected chi connectivity index (χ2v) is 8.26. The van der Waals surface area contributed by atoms with E-state index in [0.717, 1.165) is 5.56 Å². The van der Waals surface area contributed by atoms with E-state index in [0.29, 0.717) is 44.1 Å². The third-order valence-corrected chi connectivity index (χ3v) is 5.84. The molecule has 0 atom stereocenters. The molecule has 0 aliphatic rings. The van der Waals surface area contributed by atoms with E-state index < -0.39 is 0 Å². The highest BCUT2D eigenvalue weighted by molar-refractivity contribution is 6.43. The maximum absolute atomic E-state index is 12.5. The Labute approximate surface area is 207 Å². The summed E-state index contributed by atoms with van der Waals surface area (Å²) in [5.41, 5.74) is 3.26. The van der Waals surface area contributed by atoms with Crippen molar-refractivity contribution in [3.8, 4) is 11.3 Å². The largest absolute Gasteiger partial charge is 0.457 e. The minimum Gasteiger partial charge on any atom is -0.457 e. The Morgan fingerprint density at radius 2 is 1.59 bits per heavy atom. The lowest BCUT2D eigenvalue weighted by Crippen LogP contribution is -2.14. The predicted octanol–water partition coefficient (Wildman–Crippen LogP) is 7.47. The van der Waals surface area contributed by atoms with Crippen LogP contribution in [-0.2, 0) is 4.79 Å². The Morgan fingerprint density at radius 3 is 2.38 bits per heavy atom. The lowest BCUT2D eigenvalue weighted by Gasteiger charge is -2.09. The first-order chi connectivity index (χ1) is 16.4. The molecule has 0 saturated carbocycles. The van der Waals surface area contributed by atoms with E-state index in [4.69, 9.17) is 27.6 Å². The molecule has 0 radical (unpaired) electrons. The molecule has 1 heterocycles. The Balaban J connectivity index is 1.40. The second kappa shape index (κ2) is 10.4. The van der Waals surface area contributed by atoms with Gasteiger partial charge in [0.05, 0.1) is 10.0 Å². The Bertz CT molecular complexity index is 1390. The molecule has 34 heavy (non-hydrogen) atoms. The standard InChI is InChI=1S/C27H20Cl2N2O3/c1-17-6-2-3-9-21(17)27(33)31-19-8-4-7-18(16-19)30-25(32)15-13-20-12-14-24(34-20)22-10-5-11-23(28)26(22)29/h2-16H,1H3,(H,30,32)(H,31,33). The summed E-state index contributed by atoms with van der Waals surface area (Å²) in [5, 5.41) is 6.47. The number of hydrogen-bond acceptors (Lipinski definition) is 3. The molecule has 170 valence electrons. The molecule has 0 saturated heterocycles. The molecule has 0 aliphatic heterocycles. The number of nitrogens with one attached hydrogen (secondary N) is 2. The Morgan fingerprint density at radius 1 is 0.853 bits per heavy atom. The van der Waals surface area contributed by atoms with Gasteiger partial charge < -0.3 is 15.1 Å². The van der Waals surface area contributed by atoms with Crippen molar-refractivity contribution in [3.63, 3.8) is 0 Å². The van der Waals surface area contributed by atoms with Gasteiger partial charge in [-0.1, -0.05) is 53.5 Å². The highest BCUT2D eigenvalue weighted by Crippen LogP contribution is 2.34. The molecule has 0 unspecified atom stereocenters. The van der Waals surface area contributed by atoms with E-state index in [1.165, 1.54) is 6.08 Å². The van der Waals surface area contributed by atoms with Gasteiger partial charge >= 0.3 is 0 Å². The third-order valence-electron chi connectivity index (χ3n) is 5.02. The van der Waals surface area contributed by atoms with E-state index in [-0.39, 0.29) is 11.8 Å². The summed E-state index contributed by atoms with van der Waals surface area (Å²) in [7, 11) is 0. The maximum atomic E-state index is 12.5. The van der Waals surface area contributed by atoms with Crippen LogP contribution >= 0.6 is 23.2 Å². The van der Waals surface area contributed by atoms with Gasteiger partial charge in [0, 0.05) is 28.6 Å². The molecule has 0 aliphatic carbocycles. The fraction of sp³-hybridized carbons (Fsp3) is 0.0370. The highest BCUT2D eigenvalue weighted by Gasteiger charge is 2.11. The van der Waals surface area contributed by atoms with Gasteiger partial charge in [-0.15, -0.1) is 0 Å². The zero-order valence-corrected chi connectivity index (χ0v) is 19.7. The summed E-state index contributed by atoms with van der Waals surface area (Å²) >= 11 is 12.3. The van der Waals surface area contributed by atoms with Crippen LogP contribution in [-0.4, -0.2) is 11.8 Å². The van der Waals surface area contributed by atoms with Crippen molar-refractivity contribution in [3.05, 3.63) is 112 Å². The SMILES string of the molecule is Cc1ccccc1C(=O)Nc1cccc(NC(=O)C=Cc2ccc(-c3cccc(Cl)c3Cl)o2)c1. The fourth-order valence-electron chi connectivity index (χ4n) is 3.32. The molecule has 7 heteroatoms. The molecule has 0 bridgehead atoms. The molecule has 3 aromatic carbocycles. The van der Waals surface area contributed by atoms with Crippen molar-refractivity contribution >= 4 is 52.5 Å². The van der Waals surface area contributed by atoms with Crippen LogP contribution in [0.4, 0.5) is 11.4 Å². The van der Waals surface area contributed by atoms with Crippen LogP contribution in [0.3, 0.4) is 0 Å². The number of amides is 2. The van der Waals surface area contributed by atoms with Crippen LogP contribution in [0.5, 0.6) is 0 Å². The Hall–Kier alpha value is -3.80. The van der Waals surface area contributed by atoms with Crippen LogP contribution in [0, 0.1) is 6.92 Å². The smallest absolute Gasteiger partial charge is 0.255 e. The van der Waals surface area contributed by atoms with Gasteiger partial charge in [-0.2, -0.15) is 0 Å². The van der Waals surface area contributed by atoms with E-state index in [9.17, 15) is 9.59 Å². The predicted molar refractivity (Wildman–Crippen MR) is 137 cm³/mol.